The molecule has 3 nitrogen and oxygen atoms in total. The van der Waals surface area contributed by atoms with Gasteiger partial charge in [0.15, 0.2) is 0 Å². The van der Waals surface area contributed by atoms with Crippen molar-refractivity contribution in [3.05, 3.63) is 0 Å². The first-order valence-electron chi connectivity index (χ1n) is 1.51. The van der Waals surface area contributed by atoms with Crippen molar-refractivity contribution in [3.8, 4) is 6.07 Å². The summed E-state index contributed by atoms with van der Waals surface area (Å²) in [7, 11) is 0. The Balaban J connectivity index is 3.63. The molecule has 0 spiro atoms. The van der Waals surface area contributed by atoms with Crippen LogP contribution in [-0.4, -0.2) is 12.1 Å². The van der Waals surface area contributed by atoms with Gasteiger partial charge in [-0.05, 0) is 0 Å². The molecule has 0 aliphatic rings. The van der Waals surface area contributed by atoms with Gasteiger partial charge in [-0.1, -0.05) is 0 Å². The molecule has 0 aromatic carbocycles. The van der Waals surface area contributed by atoms with E-state index < -0.39 is 12.1 Å². The van der Waals surface area contributed by atoms with E-state index in [2.05, 4.69) is 5.73 Å². The number of primary amides is 1. The molecule has 0 bridgehead atoms. The summed E-state index contributed by atoms with van der Waals surface area (Å²) in [6.07, 6.45) is -2.15. The van der Waals surface area contributed by atoms with Gasteiger partial charge in [0, 0.05) is 0 Å². The van der Waals surface area contributed by atoms with Gasteiger partial charge in [-0.2, -0.15) is 5.26 Å². The topological polar surface area (TPSA) is 66.9 Å². The number of nitriles is 1. The van der Waals surface area contributed by atoms with Gasteiger partial charge in [0.2, 0.25) is 0 Å². The molecule has 0 aromatic heterocycles. The van der Waals surface area contributed by atoms with E-state index in [0.29, 0.717) is 0 Å². The van der Waals surface area contributed by atoms with Crippen LogP contribution in [0.1, 0.15) is 0 Å². The number of alkyl halides is 1. The SMILES string of the molecule is N#CC(F)C(N)=O. The largest absolute Gasteiger partial charge is 0.366 e. The second kappa shape index (κ2) is 2.13. The van der Waals surface area contributed by atoms with Crippen molar-refractivity contribution in [3.63, 3.8) is 0 Å². The average molecular weight is 102 g/mol. The Labute approximate surface area is 39.5 Å². The van der Waals surface area contributed by atoms with E-state index in [1.165, 1.54) is 0 Å². The van der Waals surface area contributed by atoms with Crippen LogP contribution in [0.3, 0.4) is 0 Å². The smallest absolute Gasteiger partial charge is 0.266 e. The normalized spacial score (nSPS) is 12.0. The summed E-state index contributed by atoms with van der Waals surface area (Å²) in [6.45, 7) is 0. The van der Waals surface area contributed by atoms with Crippen LogP contribution in [0, 0.1) is 11.3 Å². The number of nitrogens with zero attached hydrogens (tertiary/aromatic N) is 1. The van der Waals surface area contributed by atoms with Gasteiger partial charge >= 0.3 is 0 Å². The lowest BCUT2D eigenvalue weighted by Gasteiger charge is -1.84. The van der Waals surface area contributed by atoms with E-state index in [1.807, 2.05) is 0 Å². The Hall–Kier alpha value is -1.11. The summed E-state index contributed by atoms with van der Waals surface area (Å²) in [5.41, 5.74) is 4.31. The lowest BCUT2D eigenvalue weighted by atomic mass is 10.4. The Morgan fingerprint density at radius 1 is 2.00 bits per heavy atom. The quantitative estimate of drug-likeness (QED) is 0.477. The molecular weight excluding hydrogens is 99.0 g/mol. The number of carbonyl (C=O) groups is 1. The molecule has 0 rings (SSSR count). The molecule has 7 heavy (non-hydrogen) atoms. The molecule has 0 aliphatic heterocycles. The first-order valence-corrected chi connectivity index (χ1v) is 1.51. The first-order chi connectivity index (χ1) is 3.18. The maximum Gasteiger partial charge on any atom is 0.266 e. The molecule has 0 radical (unpaired) electrons. The van der Waals surface area contributed by atoms with Gasteiger partial charge in [0.1, 0.15) is 6.07 Å². The van der Waals surface area contributed by atoms with Gasteiger partial charge in [-0.25, -0.2) is 4.39 Å². The van der Waals surface area contributed by atoms with Gasteiger partial charge in [-0.3, -0.25) is 4.79 Å². The second-order valence-electron chi connectivity index (χ2n) is 0.894. The monoisotopic (exact) mass is 102 g/mol. The van der Waals surface area contributed by atoms with E-state index in [0.717, 1.165) is 6.07 Å². The molecule has 1 amide bonds. The highest BCUT2D eigenvalue weighted by Crippen LogP contribution is 1.81. The van der Waals surface area contributed by atoms with Gasteiger partial charge in [0.25, 0.3) is 12.1 Å². The Bertz CT molecular complexity index is 117. The number of nitrogens with two attached hydrogens (primary N) is 1. The van der Waals surface area contributed by atoms with E-state index in [-0.39, 0.29) is 0 Å². The van der Waals surface area contributed by atoms with Crippen LogP contribution in [0.4, 0.5) is 4.39 Å². The van der Waals surface area contributed by atoms with E-state index in [9.17, 15) is 9.18 Å². The highest BCUT2D eigenvalue weighted by atomic mass is 19.1. The fourth-order valence-electron chi connectivity index (χ4n) is 0.0636. The lowest BCUT2D eigenvalue weighted by Crippen LogP contribution is -2.22. The summed E-state index contributed by atoms with van der Waals surface area (Å²) in [5, 5.41) is 7.58. The summed E-state index contributed by atoms with van der Waals surface area (Å²) < 4.78 is 11.4. The number of hydrogen-bond acceptors (Lipinski definition) is 2. The minimum atomic E-state index is -2.15. The molecule has 0 heterocycles. The minimum Gasteiger partial charge on any atom is -0.366 e. The average Bonchev–Trinajstić information content (AvgIpc) is 1.65. The van der Waals surface area contributed by atoms with Gasteiger partial charge in [0.05, 0.1) is 0 Å². The molecule has 0 aliphatic carbocycles. The Morgan fingerprint density at radius 3 is 2.43 bits per heavy atom. The van der Waals surface area contributed by atoms with Crippen LogP contribution < -0.4 is 5.73 Å². The summed E-state index contributed by atoms with van der Waals surface area (Å²) in [6, 6.07) is 1.02. The third kappa shape index (κ3) is 1.71. The van der Waals surface area contributed by atoms with E-state index >= 15 is 0 Å². The van der Waals surface area contributed by atoms with Gasteiger partial charge in [-0.15, -0.1) is 0 Å². The molecule has 4 heteroatoms. The summed E-state index contributed by atoms with van der Waals surface area (Å²) >= 11 is 0. The lowest BCUT2D eigenvalue weighted by molar-refractivity contribution is -0.120. The Kier molecular flexibility index (Phi) is 1.79. The predicted octanol–water partition coefficient (Wildman–Crippen LogP) is -0.667. The van der Waals surface area contributed by atoms with Gasteiger partial charge < -0.3 is 5.73 Å². The maximum absolute atomic E-state index is 11.4. The fraction of sp³-hybridized carbons (Fsp3) is 0.333. The zero-order chi connectivity index (χ0) is 5.86. The highest BCUT2D eigenvalue weighted by Gasteiger charge is 2.08. The molecule has 1 atom stereocenters. The molecular formula is C3H3FN2O. The minimum absolute atomic E-state index is 1.02. The van der Waals surface area contributed by atoms with E-state index in [4.69, 9.17) is 5.26 Å². The van der Waals surface area contributed by atoms with Crippen LogP contribution >= 0.6 is 0 Å². The highest BCUT2D eigenvalue weighted by molar-refractivity contribution is 5.81. The number of hydrogen-bond donors (Lipinski definition) is 1. The van der Waals surface area contributed by atoms with Crippen molar-refractivity contribution in [2.75, 3.05) is 0 Å². The zero-order valence-corrected chi connectivity index (χ0v) is 3.39. The maximum atomic E-state index is 11.4. The molecule has 1 unspecified atom stereocenters. The number of halogens is 1. The standard InChI is InChI=1S/C3H3FN2O/c4-2(1-5)3(6)7/h2H,(H2,6,7). The molecule has 0 saturated carbocycles. The second-order valence-corrected chi connectivity index (χ2v) is 0.894. The van der Waals surface area contributed by atoms with Crippen molar-refractivity contribution >= 4 is 5.91 Å². The third-order valence-electron chi connectivity index (χ3n) is 0.363. The van der Waals surface area contributed by atoms with E-state index in [1.54, 1.807) is 0 Å². The van der Waals surface area contributed by atoms with Crippen molar-refractivity contribution in [2.45, 2.75) is 6.17 Å². The molecule has 0 fully saturated rings. The number of carbonyl (C=O) groups excluding carboxylic acids is 1. The summed E-state index contributed by atoms with van der Waals surface area (Å²) in [4.78, 5) is 9.56. The van der Waals surface area contributed by atoms with Crippen molar-refractivity contribution in [2.24, 2.45) is 5.73 Å². The molecule has 0 saturated heterocycles. The van der Waals surface area contributed by atoms with Crippen LogP contribution in [0.5, 0.6) is 0 Å². The van der Waals surface area contributed by atoms with Crippen LogP contribution in [0.2, 0.25) is 0 Å². The predicted molar refractivity (Wildman–Crippen MR) is 19.7 cm³/mol. The zero-order valence-electron chi connectivity index (χ0n) is 3.39. The molecule has 38 valence electrons. The number of amides is 1. The van der Waals surface area contributed by atoms with Crippen LogP contribution in [0.25, 0.3) is 0 Å². The van der Waals surface area contributed by atoms with Crippen molar-refractivity contribution in [1.29, 1.82) is 5.26 Å². The summed E-state index contributed by atoms with van der Waals surface area (Å²) in [5.74, 6) is -1.23. The fourth-order valence-corrected chi connectivity index (χ4v) is 0.0636. The third-order valence-corrected chi connectivity index (χ3v) is 0.363. The number of rotatable bonds is 1. The molecule has 2 N–H and O–H groups in total. The molecule has 0 aromatic rings. The van der Waals surface area contributed by atoms with Crippen LogP contribution in [0.15, 0.2) is 0 Å². The van der Waals surface area contributed by atoms with Crippen molar-refractivity contribution in [1.82, 2.24) is 0 Å². The Morgan fingerprint density at radius 2 is 2.43 bits per heavy atom. The first kappa shape index (κ1) is 5.89. The van der Waals surface area contributed by atoms with Crippen LogP contribution in [-0.2, 0) is 4.79 Å². The van der Waals surface area contributed by atoms with Crippen molar-refractivity contribution < 1.29 is 9.18 Å².